The molecule has 0 unspecified atom stereocenters. The van der Waals surface area contributed by atoms with E-state index in [0.717, 1.165) is 4.31 Å². The second-order valence-electron chi connectivity index (χ2n) is 7.04. The highest BCUT2D eigenvalue weighted by Crippen LogP contribution is 2.30. The summed E-state index contributed by atoms with van der Waals surface area (Å²) >= 11 is 6.24. The number of sulfonamides is 1. The van der Waals surface area contributed by atoms with Crippen molar-refractivity contribution in [1.82, 2.24) is 5.43 Å². The highest BCUT2D eigenvalue weighted by Gasteiger charge is 2.28. The van der Waals surface area contributed by atoms with Crippen molar-refractivity contribution < 1.29 is 32.2 Å². The monoisotopic (exact) mass is 531 g/mol. The van der Waals surface area contributed by atoms with E-state index in [1.807, 2.05) is 0 Å². The molecule has 188 valence electrons. The van der Waals surface area contributed by atoms with Gasteiger partial charge in [0.25, 0.3) is 15.9 Å². The van der Waals surface area contributed by atoms with Gasteiger partial charge < -0.3 is 14.2 Å². The van der Waals surface area contributed by atoms with Crippen molar-refractivity contribution in [3.8, 4) is 11.5 Å². The lowest BCUT2D eigenvalue weighted by atomic mass is 10.2. The van der Waals surface area contributed by atoms with Crippen molar-refractivity contribution in [2.75, 3.05) is 25.1 Å². The SMILES string of the molecule is COC(=O)Oc1ccc(/C=N/NC(=O)CN(c2ccccc2Cl)S(=O)(=O)c2ccccc2)cc1OC. The number of hydrogen-bond acceptors (Lipinski definition) is 8. The summed E-state index contributed by atoms with van der Waals surface area (Å²) in [5.74, 6) is -0.343. The van der Waals surface area contributed by atoms with E-state index in [1.54, 1.807) is 36.4 Å². The number of anilines is 1. The number of methoxy groups -OCH3 is 2. The number of para-hydroxylation sites is 1. The van der Waals surface area contributed by atoms with Crippen LogP contribution in [0.3, 0.4) is 0 Å². The first-order valence-electron chi connectivity index (χ1n) is 10.3. The fourth-order valence-electron chi connectivity index (χ4n) is 3.00. The smallest absolute Gasteiger partial charge is 0.493 e. The van der Waals surface area contributed by atoms with E-state index < -0.39 is 28.6 Å². The van der Waals surface area contributed by atoms with E-state index in [4.69, 9.17) is 21.1 Å². The first kappa shape index (κ1) is 26.5. The number of hydrogen-bond donors (Lipinski definition) is 1. The number of benzene rings is 3. The first-order valence-corrected chi connectivity index (χ1v) is 12.2. The number of ether oxygens (including phenoxy) is 3. The van der Waals surface area contributed by atoms with Gasteiger partial charge in [-0.3, -0.25) is 9.10 Å². The molecule has 0 fully saturated rings. The van der Waals surface area contributed by atoms with Gasteiger partial charge in [-0.2, -0.15) is 5.10 Å². The number of carbonyl (C=O) groups excluding carboxylic acids is 2. The van der Waals surface area contributed by atoms with Crippen molar-refractivity contribution in [3.63, 3.8) is 0 Å². The van der Waals surface area contributed by atoms with Gasteiger partial charge in [0.1, 0.15) is 6.54 Å². The van der Waals surface area contributed by atoms with Crippen LogP contribution in [0.1, 0.15) is 5.56 Å². The Morgan fingerprint density at radius 3 is 2.36 bits per heavy atom. The molecule has 0 aliphatic rings. The minimum Gasteiger partial charge on any atom is -0.493 e. The van der Waals surface area contributed by atoms with E-state index in [-0.39, 0.29) is 27.1 Å². The Bertz CT molecular complexity index is 1370. The molecule has 12 heteroatoms. The predicted octanol–water partition coefficient (Wildman–Crippen LogP) is 3.84. The van der Waals surface area contributed by atoms with Gasteiger partial charge in [-0.1, -0.05) is 41.9 Å². The topological polar surface area (TPSA) is 124 Å². The van der Waals surface area contributed by atoms with E-state index in [1.165, 1.54) is 56.8 Å². The van der Waals surface area contributed by atoms with E-state index in [2.05, 4.69) is 15.3 Å². The van der Waals surface area contributed by atoms with Gasteiger partial charge in [0.2, 0.25) is 0 Å². The molecular weight excluding hydrogens is 510 g/mol. The molecule has 0 aliphatic heterocycles. The van der Waals surface area contributed by atoms with Crippen LogP contribution >= 0.6 is 11.6 Å². The summed E-state index contributed by atoms with van der Waals surface area (Å²) in [6, 6.07) is 18.5. The summed E-state index contributed by atoms with van der Waals surface area (Å²) in [4.78, 5) is 24.0. The molecule has 1 N–H and O–H groups in total. The lowest BCUT2D eigenvalue weighted by Gasteiger charge is -2.24. The van der Waals surface area contributed by atoms with Gasteiger partial charge in [-0.15, -0.1) is 0 Å². The number of nitrogens with one attached hydrogen (secondary N) is 1. The average Bonchev–Trinajstić information content (AvgIpc) is 2.89. The number of hydrazone groups is 1. The summed E-state index contributed by atoms with van der Waals surface area (Å²) in [5, 5.41) is 4.04. The summed E-state index contributed by atoms with van der Waals surface area (Å²) < 4.78 is 42.1. The van der Waals surface area contributed by atoms with Crippen LogP contribution < -0.4 is 19.2 Å². The van der Waals surface area contributed by atoms with Crippen molar-refractivity contribution in [2.24, 2.45) is 5.10 Å². The standard InChI is InChI=1S/C24H22ClN3O7S/c1-33-22-14-17(12-13-21(22)35-24(30)34-2)15-26-27-23(29)16-28(20-11-7-6-10-19(20)25)36(31,32)18-8-4-3-5-9-18/h3-15H,16H2,1-2H3,(H,27,29)/b26-15+. The first-order chi connectivity index (χ1) is 17.3. The van der Waals surface area contributed by atoms with Gasteiger partial charge in [0, 0.05) is 0 Å². The third-order valence-corrected chi connectivity index (χ3v) is 6.78. The molecule has 0 aromatic heterocycles. The molecule has 1 amide bonds. The lowest BCUT2D eigenvalue weighted by molar-refractivity contribution is -0.119. The maximum atomic E-state index is 13.3. The Morgan fingerprint density at radius 2 is 1.69 bits per heavy atom. The summed E-state index contributed by atoms with van der Waals surface area (Å²) in [5.41, 5.74) is 2.95. The summed E-state index contributed by atoms with van der Waals surface area (Å²) in [6.45, 7) is -0.576. The maximum absolute atomic E-state index is 13.3. The Morgan fingerprint density at radius 1 is 1.00 bits per heavy atom. The number of carbonyl (C=O) groups is 2. The summed E-state index contributed by atoms with van der Waals surface area (Å²) in [6.07, 6.45) is 0.406. The molecule has 0 saturated heterocycles. The molecule has 0 spiro atoms. The highest BCUT2D eigenvalue weighted by molar-refractivity contribution is 7.92. The molecule has 0 heterocycles. The van der Waals surface area contributed by atoms with Crippen molar-refractivity contribution in [1.29, 1.82) is 0 Å². The van der Waals surface area contributed by atoms with E-state index >= 15 is 0 Å². The highest BCUT2D eigenvalue weighted by atomic mass is 35.5. The zero-order chi connectivity index (χ0) is 26.1. The van der Waals surface area contributed by atoms with Crippen LogP contribution in [0.15, 0.2) is 82.8 Å². The van der Waals surface area contributed by atoms with Crippen LogP contribution in [0, 0.1) is 0 Å². The molecule has 3 rings (SSSR count). The second kappa shape index (κ2) is 12.0. The summed E-state index contributed by atoms with van der Waals surface area (Å²) in [7, 11) is -1.54. The van der Waals surface area contributed by atoms with Crippen LogP contribution in [0.2, 0.25) is 5.02 Å². The Labute approximate surface area is 213 Å². The van der Waals surface area contributed by atoms with Crippen LogP contribution in [0.25, 0.3) is 0 Å². The van der Waals surface area contributed by atoms with Crippen LogP contribution in [0.4, 0.5) is 10.5 Å². The number of rotatable bonds is 9. The number of nitrogens with zero attached hydrogens (tertiary/aromatic N) is 2. The molecule has 3 aromatic rings. The molecule has 3 aromatic carbocycles. The largest absolute Gasteiger partial charge is 0.513 e. The van der Waals surface area contributed by atoms with Gasteiger partial charge in [0.05, 0.1) is 36.0 Å². The predicted molar refractivity (Wildman–Crippen MR) is 134 cm³/mol. The normalized spacial score (nSPS) is 11.1. The third kappa shape index (κ3) is 6.52. The van der Waals surface area contributed by atoms with E-state index in [0.29, 0.717) is 5.56 Å². The molecule has 10 nitrogen and oxygen atoms in total. The Balaban J connectivity index is 1.78. The van der Waals surface area contributed by atoms with Crippen molar-refractivity contribution in [2.45, 2.75) is 4.90 Å². The Kier molecular flexibility index (Phi) is 8.87. The number of halogens is 1. The Hall–Kier alpha value is -4.09. The zero-order valence-corrected chi connectivity index (χ0v) is 20.8. The van der Waals surface area contributed by atoms with Crippen LogP contribution in [-0.2, 0) is 19.6 Å². The van der Waals surface area contributed by atoms with Gasteiger partial charge >= 0.3 is 6.16 Å². The minimum atomic E-state index is -4.11. The van der Waals surface area contributed by atoms with Gasteiger partial charge in [-0.05, 0) is 48.0 Å². The zero-order valence-electron chi connectivity index (χ0n) is 19.3. The molecular formula is C24H22ClN3O7S. The lowest BCUT2D eigenvalue weighted by Crippen LogP contribution is -2.39. The van der Waals surface area contributed by atoms with Gasteiger partial charge in [-0.25, -0.2) is 18.6 Å². The average molecular weight is 532 g/mol. The molecule has 0 bridgehead atoms. The molecule has 0 aliphatic carbocycles. The van der Waals surface area contributed by atoms with E-state index in [9.17, 15) is 18.0 Å². The minimum absolute atomic E-state index is 0.00239. The molecule has 0 atom stereocenters. The van der Waals surface area contributed by atoms with Gasteiger partial charge in [0.15, 0.2) is 11.5 Å². The number of amides is 1. The third-order valence-electron chi connectivity index (χ3n) is 4.69. The molecule has 36 heavy (non-hydrogen) atoms. The second-order valence-corrected chi connectivity index (χ2v) is 9.31. The van der Waals surface area contributed by atoms with Crippen molar-refractivity contribution >= 4 is 45.6 Å². The molecule has 0 radical (unpaired) electrons. The van der Waals surface area contributed by atoms with Crippen LogP contribution in [0.5, 0.6) is 11.5 Å². The van der Waals surface area contributed by atoms with Crippen molar-refractivity contribution in [3.05, 3.63) is 83.4 Å². The molecule has 0 saturated carbocycles. The van der Waals surface area contributed by atoms with Crippen LogP contribution in [-0.4, -0.2) is 47.5 Å². The maximum Gasteiger partial charge on any atom is 0.513 e. The quantitative estimate of drug-likeness (QED) is 0.192. The fourth-order valence-corrected chi connectivity index (χ4v) is 4.75. The fraction of sp³-hybridized carbons (Fsp3) is 0.125.